The first kappa shape index (κ1) is 25.2. The van der Waals surface area contributed by atoms with Crippen LogP contribution in [-0.4, -0.2) is 61.8 Å². The van der Waals surface area contributed by atoms with Crippen LogP contribution in [0.3, 0.4) is 0 Å². The molecule has 3 N–H and O–H groups in total. The lowest BCUT2D eigenvalue weighted by molar-refractivity contribution is -0.144. The first-order valence-corrected chi connectivity index (χ1v) is 11.5. The number of nitrogens with zero attached hydrogens (tertiary/aromatic N) is 2. The van der Waals surface area contributed by atoms with Crippen molar-refractivity contribution in [3.8, 4) is 0 Å². The molecule has 2 aromatic rings. The molecule has 1 aromatic carbocycles. The van der Waals surface area contributed by atoms with Crippen molar-refractivity contribution in [3.63, 3.8) is 0 Å². The third-order valence-corrected chi connectivity index (χ3v) is 7.11. The van der Waals surface area contributed by atoms with Crippen LogP contribution in [0.25, 0.3) is 0 Å². The molecular formula is C20H22F3N5O5S. The lowest BCUT2D eigenvalue weighted by Gasteiger charge is -2.16. The molecule has 1 saturated heterocycles. The Morgan fingerprint density at radius 2 is 1.79 bits per heavy atom. The van der Waals surface area contributed by atoms with Crippen molar-refractivity contribution in [3.05, 3.63) is 47.0 Å². The molecule has 1 atom stereocenters. The fourth-order valence-electron chi connectivity index (χ4n) is 3.63. The van der Waals surface area contributed by atoms with Crippen LogP contribution in [0.4, 0.5) is 18.9 Å². The number of benzene rings is 1. The maximum atomic E-state index is 15.2. The third kappa shape index (κ3) is 4.77. The summed E-state index contributed by atoms with van der Waals surface area (Å²) in [5.74, 6) is -6.43. The number of amides is 3. The van der Waals surface area contributed by atoms with Crippen molar-refractivity contribution in [1.29, 1.82) is 0 Å². The van der Waals surface area contributed by atoms with E-state index in [9.17, 15) is 31.6 Å². The van der Waals surface area contributed by atoms with Gasteiger partial charge < -0.3 is 20.1 Å². The zero-order valence-electron chi connectivity index (χ0n) is 18.4. The zero-order valence-corrected chi connectivity index (χ0v) is 19.2. The summed E-state index contributed by atoms with van der Waals surface area (Å²) in [6, 6.07) is 1.76. The molecule has 0 aliphatic carbocycles. The number of carbonyl (C=O) groups is 3. The quantitative estimate of drug-likeness (QED) is 0.518. The van der Waals surface area contributed by atoms with Gasteiger partial charge in [0.05, 0.1) is 0 Å². The molecule has 2 heterocycles. The number of hydrogen-bond donors (Lipinski definition) is 3. The molecule has 10 nitrogen and oxygen atoms in total. The van der Waals surface area contributed by atoms with Crippen molar-refractivity contribution in [2.24, 2.45) is 7.05 Å². The molecule has 34 heavy (non-hydrogen) atoms. The Morgan fingerprint density at radius 1 is 1.12 bits per heavy atom. The number of likely N-dealkylation sites (tertiary alicyclic amines) is 1. The van der Waals surface area contributed by atoms with Crippen LogP contribution in [0.5, 0.6) is 0 Å². The summed E-state index contributed by atoms with van der Waals surface area (Å²) in [6.07, 6.45) is 0.193. The predicted octanol–water partition coefficient (Wildman–Crippen LogP) is 0.628. The Labute approximate surface area is 193 Å². The maximum absolute atomic E-state index is 15.2. The highest BCUT2D eigenvalue weighted by Crippen LogP contribution is 2.27. The molecule has 0 spiro atoms. The Hall–Kier alpha value is -3.39. The number of halogens is 3. The van der Waals surface area contributed by atoms with Crippen molar-refractivity contribution in [1.82, 2.24) is 19.5 Å². The molecule has 0 radical (unpaired) electrons. The minimum Gasteiger partial charge on any atom is -0.351 e. The van der Waals surface area contributed by atoms with E-state index in [-0.39, 0.29) is 30.9 Å². The molecule has 0 bridgehead atoms. The van der Waals surface area contributed by atoms with Gasteiger partial charge in [0, 0.05) is 50.7 Å². The second kappa shape index (κ2) is 9.46. The second-order valence-electron chi connectivity index (χ2n) is 7.66. The number of anilines is 1. The smallest absolute Gasteiger partial charge is 0.311 e. The lowest BCUT2D eigenvalue weighted by atomic mass is 10.3. The van der Waals surface area contributed by atoms with Crippen LogP contribution >= 0.6 is 0 Å². The minimum atomic E-state index is -4.47. The molecule has 1 aliphatic heterocycles. The standard InChI is InChI=1S/C20H22F3N5O5S/c1-10-17(34(32,33)26-12-6-7-28(9-12)20(31)19(30)24-2)15(23)16(27(10)3)18(29)25-11-4-5-13(21)14(22)8-11/h4-5,8,12,26H,6-7,9H2,1-3H3,(H,24,30)(H,25,29)/t12-/m1/s1. The highest BCUT2D eigenvalue weighted by atomic mass is 32.2. The second-order valence-corrected chi connectivity index (χ2v) is 9.31. The summed E-state index contributed by atoms with van der Waals surface area (Å²) in [6.45, 7) is 1.32. The Kier molecular flexibility index (Phi) is 7.02. The van der Waals surface area contributed by atoms with E-state index in [1.165, 1.54) is 25.9 Å². The van der Waals surface area contributed by atoms with Gasteiger partial charge in [0.25, 0.3) is 5.91 Å². The van der Waals surface area contributed by atoms with Gasteiger partial charge in [-0.05, 0) is 25.5 Å². The predicted molar refractivity (Wildman–Crippen MR) is 114 cm³/mol. The summed E-state index contributed by atoms with van der Waals surface area (Å²) >= 11 is 0. The number of likely N-dealkylation sites (N-methyl/N-ethyl adjacent to an activating group) is 1. The van der Waals surface area contributed by atoms with Crippen molar-refractivity contribution >= 4 is 33.4 Å². The van der Waals surface area contributed by atoms with E-state index >= 15 is 4.39 Å². The fraction of sp³-hybridized carbons (Fsp3) is 0.350. The van der Waals surface area contributed by atoms with Gasteiger partial charge in [-0.25, -0.2) is 26.3 Å². The van der Waals surface area contributed by atoms with Gasteiger partial charge in [0.1, 0.15) is 10.6 Å². The average molecular weight is 501 g/mol. The van der Waals surface area contributed by atoms with Crippen LogP contribution in [0, 0.1) is 24.4 Å². The number of rotatable bonds is 5. The van der Waals surface area contributed by atoms with Gasteiger partial charge in [-0.15, -0.1) is 0 Å². The normalized spacial score (nSPS) is 15.9. The van der Waals surface area contributed by atoms with E-state index in [0.29, 0.717) is 6.07 Å². The Morgan fingerprint density at radius 3 is 2.41 bits per heavy atom. The summed E-state index contributed by atoms with van der Waals surface area (Å²) in [4.78, 5) is 36.5. The molecule has 3 rings (SSSR count). The topological polar surface area (TPSA) is 130 Å². The lowest BCUT2D eigenvalue weighted by Crippen LogP contribution is -2.43. The molecular weight excluding hydrogens is 479 g/mol. The van der Waals surface area contributed by atoms with E-state index < -0.39 is 61.8 Å². The van der Waals surface area contributed by atoms with Crippen LogP contribution in [-0.2, 0) is 26.7 Å². The first-order chi connectivity index (χ1) is 15.9. The van der Waals surface area contributed by atoms with E-state index in [1.807, 2.05) is 0 Å². The van der Waals surface area contributed by atoms with Crippen molar-refractivity contribution in [2.45, 2.75) is 24.3 Å². The maximum Gasteiger partial charge on any atom is 0.311 e. The fourth-order valence-corrected chi connectivity index (χ4v) is 5.24. The van der Waals surface area contributed by atoms with E-state index in [1.54, 1.807) is 0 Å². The van der Waals surface area contributed by atoms with Crippen LogP contribution in [0.15, 0.2) is 23.1 Å². The summed E-state index contributed by atoms with van der Waals surface area (Å²) in [5.41, 5.74) is -0.876. The van der Waals surface area contributed by atoms with Crippen LogP contribution in [0.2, 0.25) is 0 Å². The van der Waals surface area contributed by atoms with Gasteiger partial charge in [0.2, 0.25) is 10.0 Å². The van der Waals surface area contributed by atoms with E-state index in [0.717, 1.165) is 16.7 Å². The molecule has 1 fully saturated rings. The average Bonchev–Trinajstić information content (AvgIpc) is 3.31. The van der Waals surface area contributed by atoms with Gasteiger partial charge in [-0.1, -0.05) is 0 Å². The van der Waals surface area contributed by atoms with Crippen molar-refractivity contribution < 1.29 is 36.0 Å². The molecule has 0 unspecified atom stereocenters. The molecule has 3 amide bonds. The van der Waals surface area contributed by atoms with E-state index in [4.69, 9.17) is 0 Å². The minimum absolute atomic E-state index is 0.0864. The largest absolute Gasteiger partial charge is 0.351 e. The highest BCUT2D eigenvalue weighted by molar-refractivity contribution is 7.89. The number of aromatic nitrogens is 1. The first-order valence-electron chi connectivity index (χ1n) is 10.0. The van der Waals surface area contributed by atoms with Crippen LogP contribution in [0.1, 0.15) is 22.6 Å². The molecule has 184 valence electrons. The van der Waals surface area contributed by atoms with Crippen molar-refractivity contribution in [2.75, 3.05) is 25.5 Å². The molecule has 1 aromatic heterocycles. The SMILES string of the molecule is CNC(=O)C(=O)N1CC[C@@H](NS(=O)(=O)c2c(F)c(C(=O)Nc3ccc(F)c(F)c3)n(C)c2C)C1. The highest BCUT2D eigenvalue weighted by Gasteiger charge is 2.36. The van der Waals surface area contributed by atoms with E-state index in [2.05, 4.69) is 15.4 Å². The summed E-state index contributed by atoms with van der Waals surface area (Å²) in [5, 5.41) is 4.39. The van der Waals surface area contributed by atoms with Gasteiger partial charge in [-0.3, -0.25) is 14.4 Å². The zero-order chi connectivity index (χ0) is 25.4. The van der Waals surface area contributed by atoms with Gasteiger partial charge >= 0.3 is 11.8 Å². The third-order valence-electron chi connectivity index (χ3n) is 5.45. The Balaban J connectivity index is 1.82. The Bertz CT molecular complexity index is 1280. The number of carbonyl (C=O) groups excluding carboxylic acids is 3. The molecule has 14 heteroatoms. The molecule has 1 aliphatic rings. The van der Waals surface area contributed by atoms with Crippen LogP contribution < -0.4 is 15.4 Å². The van der Waals surface area contributed by atoms with Gasteiger partial charge in [-0.2, -0.15) is 0 Å². The molecule has 0 saturated carbocycles. The number of sulfonamides is 1. The summed E-state index contributed by atoms with van der Waals surface area (Å²) < 4.78 is 71.0. The van der Waals surface area contributed by atoms with Gasteiger partial charge in [0.15, 0.2) is 17.5 Å². The monoisotopic (exact) mass is 501 g/mol. The number of nitrogens with one attached hydrogen (secondary N) is 3. The number of hydrogen-bond acceptors (Lipinski definition) is 5. The summed E-state index contributed by atoms with van der Waals surface area (Å²) in [7, 11) is -1.91.